The van der Waals surface area contributed by atoms with E-state index in [2.05, 4.69) is 9.71 Å². The fourth-order valence-electron chi connectivity index (χ4n) is 4.53. The zero-order chi connectivity index (χ0) is 25.5. The fourth-order valence-corrected chi connectivity index (χ4v) is 5.57. The molecule has 1 unspecified atom stereocenters. The van der Waals surface area contributed by atoms with Crippen LogP contribution in [0.2, 0.25) is 0 Å². The average molecular weight is 513 g/mol. The number of ether oxygens (including phenoxy) is 1. The Balaban J connectivity index is 1.41. The smallest absolute Gasteiger partial charge is 0.262 e. The maximum atomic E-state index is 12.9. The third kappa shape index (κ3) is 6.38. The van der Waals surface area contributed by atoms with Gasteiger partial charge in [0.25, 0.3) is 5.91 Å². The number of rotatable bonds is 9. The van der Waals surface area contributed by atoms with Gasteiger partial charge in [0.05, 0.1) is 10.4 Å². The number of carbonyl (C=O) groups excluding carboxylic acids is 1. The van der Waals surface area contributed by atoms with Crippen LogP contribution in [0.25, 0.3) is 10.9 Å². The lowest BCUT2D eigenvalue weighted by molar-refractivity contribution is -0.134. The molecule has 0 bridgehead atoms. The molecule has 192 valence electrons. The van der Waals surface area contributed by atoms with Crippen LogP contribution in [0.5, 0.6) is 5.75 Å². The van der Waals surface area contributed by atoms with Crippen molar-refractivity contribution < 1.29 is 23.2 Å². The molecule has 2 aromatic carbocycles. The number of fused-ring (bicyclic) bond motifs is 1. The van der Waals surface area contributed by atoms with Crippen LogP contribution in [0.3, 0.4) is 0 Å². The first kappa shape index (κ1) is 26.0. The van der Waals surface area contributed by atoms with E-state index < -0.39 is 22.0 Å². The van der Waals surface area contributed by atoms with Crippen LogP contribution in [0, 0.1) is 6.92 Å². The molecule has 9 nitrogen and oxygen atoms in total. The Kier molecular flexibility index (Phi) is 8.52. The molecule has 1 aromatic heterocycles. The molecule has 3 N–H and O–H groups in total. The lowest BCUT2D eigenvalue weighted by Gasteiger charge is -2.28. The second kappa shape index (κ2) is 11.8. The minimum atomic E-state index is -3.87. The second-order valence-corrected chi connectivity index (χ2v) is 10.8. The molecule has 1 atom stereocenters. The highest BCUT2D eigenvalue weighted by atomic mass is 32.2. The van der Waals surface area contributed by atoms with E-state index in [1.165, 1.54) is 12.1 Å². The van der Waals surface area contributed by atoms with E-state index in [0.717, 1.165) is 47.8 Å². The Hall–Kier alpha value is -3.05. The first-order chi connectivity index (χ1) is 17.4. The van der Waals surface area contributed by atoms with Gasteiger partial charge in [0, 0.05) is 23.2 Å². The number of hydrogen-bond acceptors (Lipinski definition) is 7. The molecule has 1 saturated heterocycles. The predicted molar refractivity (Wildman–Crippen MR) is 136 cm³/mol. The Labute approximate surface area is 211 Å². The monoisotopic (exact) mass is 512 g/mol. The molecule has 10 heteroatoms. The van der Waals surface area contributed by atoms with Gasteiger partial charge in [-0.1, -0.05) is 31.0 Å². The van der Waals surface area contributed by atoms with Crippen molar-refractivity contribution >= 4 is 26.8 Å². The highest BCUT2D eigenvalue weighted by molar-refractivity contribution is 7.89. The summed E-state index contributed by atoms with van der Waals surface area (Å²) in [7, 11) is -3.87. The summed E-state index contributed by atoms with van der Waals surface area (Å²) >= 11 is 0. The summed E-state index contributed by atoms with van der Waals surface area (Å²) in [5.74, 6) is -0.0863. The van der Waals surface area contributed by atoms with Crippen molar-refractivity contribution in [3.8, 4) is 5.75 Å². The number of carbonyl (C=O) groups is 1. The topological polar surface area (TPSA) is 121 Å². The number of likely N-dealkylation sites (tertiary alicyclic amines) is 1. The predicted octanol–water partition coefficient (Wildman–Crippen LogP) is 3.15. The Morgan fingerprint density at radius 1 is 1.08 bits per heavy atom. The Morgan fingerprint density at radius 3 is 2.47 bits per heavy atom. The quantitative estimate of drug-likeness (QED) is 0.297. The number of benzene rings is 2. The molecule has 3 aromatic rings. The minimum Gasteiger partial charge on any atom is -0.489 e. The number of sulfonamides is 1. The molecule has 1 aliphatic rings. The van der Waals surface area contributed by atoms with E-state index in [1.54, 1.807) is 17.6 Å². The summed E-state index contributed by atoms with van der Waals surface area (Å²) < 4.78 is 34.3. The number of para-hydroxylation sites is 1. The number of amides is 1. The number of aryl methyl sites for hydroxylation is 1. The highest BCUT2D eigenvalue weighted by Crippen LogP contribution is 2.22. The van der Waals surface area contributed by atoms with Crippen LogP contribution in [0.1, 0.15) is 36.9 Å². The molecule has 1 aliphatic heterocycles. The average Bonchev–Trinajstić information content (AvgIpc) is 3.17. The molecule has 1 amide bonds. The zero-order valence-corrected chi connectivity index (χ0v) is 21.1. The molecule has 2 heterocycles. The zero-order valence-electron chi connectivity index (χ0n) is 20.3. The van der Waals surface area contributed by atoms with Gasteiger partial charge in [-0.3, -0.25) is 19.9 Å². The van der Waals surface area contributed by atoms with Gasteiger partial charge in [0.15, 0.2) is 0 Å². The normalized spacial score (nSPS) is 15.8. The maximum absolute atomic E-state index is 12.9. The highest BCUT2D eigenvalue weighted by Gasteiger charge is 2.28. The van der Waals surface area contributed by atoms with Gasteiger partial charge in [0.1, 0.15) is 18.4 Å². The van der Waals surface area contributed by atoms with Gasteiger partial charge >= 0.3 is 0 Å². The number of nitrogens with one attached hydrogen (secondary N) is 2. The molecular formula is C26H32N4O5S. The van der Waals surface area contributed by atoms with Gasteiger partial charge in [-0.15, -0.1) is 0 Å². The molecule has 4 rings (SSSR count). The van der Waals surface area contributed by atoms with E-state index in [-0.39, 0.29) is 11.4 Å². The van der Waals surface area contributed by atoms with Gasteiger partial charge in [-0.25, -0.2) is 18.6 Å². The van der Waals surface area contributed by atoms with Crippen molar-refractivity contribution in [2.45, 2.75) is 50.2 Å². The third-order valence-electron chi connectivity index (χ3n) is 6.42. The van der Waals surface area contributed by atoms with Crippen LogP contribution in [0.4, 0.5) is 0 Å². The summed E-state index contributed by atoms with van der Waals surface area (Å²) in [6.45, 7) is 3.48. The Morgan fingerprint density at radius 2 is 1.78 bits per heavy atom. The second-order valence-electron chi connectivity index (χ2n) is 8.99. The van der Waals surface area contributed by atoms with Crippen LogP contribution in [-0.4, -0.2) is 55.1 Å². The molecule has 0 spiro atoms. The van der Waals surface area contributed by atoms with Gasteiger partial charge in [0.2, 0.25) is 10.0 Å². The van der Waals surface area contributed by atoms with Crippen molar-refractivity contribution in [3.05, 3.63) is 65.9 Å². The van der Waals surface area contributed by atoms with Gasteiger partial charge in [-0.05, 0) is 69.3 Å². The van der Waals surface area contributed by atoms with Crippen LogP contribution < -0.4 is 14.9 Å². The SMILES string of the molecule is Cc1cc(COc2ccc(S(=O)(=O)NCC(C(=O)NO)N3CCCCCC3)cc2)c2ccccc2n1. The van der Waals surface area contributed by atoms with E-state index in [4.69, 9.17) is 9.94 Å². The van der Waals surface area contributed by atoms with Crippen LogP contribution in [0.15, 0.2) is 59.5 Å². The van der Waals surface area contributed by atoms with E-state index in [0.29, 0.717) is 25.4 Å². The molecule has 1 fully saturated rings. The number of nitrogens with zero attached hydrogens (tertiary/aromatic N) is 2. The van der Waals surface area contributed by atoms with Crippen molar-refractivity contribution in [3.63, 3.8) is 0 Å². The third-order valence-corrected chi connectivity index (χ3v) is 7.86. The van der Waals surface area contributed by atoms with Crippen molar-refractivity contribution in [1.82, 2.24) is 20.1 Å². The van der Waals surface area contributed by atoms with Crippen LogP contribution >= 0.6 is 0 Å². The van der Waals surface area contributed by atoms with Crippen molar-refractivity contribution in [2.75, 3.05) is 19.6 Å². The lowest BCUT2D eigenvalue weighted by Crippen LogP contribution is -2.52. The van der Waals surface area contributed by atoms with Gasteiger partial charge in [-0.2, -0.15) is 0 Å². The van der Waals surface area contributed by atoms with Crippen molar-refractivity contribution in [2.24, 2.45) is 0 Å². The number of hydroxylamine groups is 1. The summed E-state index contributed by atoms with van der Waals surface area (Å²) in [4.78, 5) is 18.8. The molecule has 0 saturated carbocycles. The first-order valence-corrected chi connectivity index (χ1v) is 13.6. The molecular weight excluding hydrogens is 480 g/mol. The number of aromatic nitrogens is 1. The van der Waals surface area contributed by atoms with E-state index >= 15 is 0 Å². The number of hydrogen-bond donors (Lipinski definition) is 3. The number of pyridine rings is 1. The van der Waals surface area contributed by atoms with Crippen molar-refractivity contribution in [1.29, 1.82) is 0 Å². The summed E-state index contributed by atoms with van der Waals surface area (Å²) in [6, 6.07) is 15.2. The van der Waals surface area contributed by atoms with Crippen LogP contribution in [-0.2, 0) is 21.4 Å². The molecule has 0 aliphatic carbocycles. The fraction of sp³-hybridized carbons (Fsp3) is 0.385. The lowest BCUT2D eigenvalue weighted by atomic mass is 10.1. The summed E-state index contributed by atoms with van der Waals surface area (Å²) in [5.41, 5.74) is 4.47. The molecule has 0 radical (unpaired) electrons. The molecule has 36 heavy (non-hydrogen) atoms. The summed E-state index contributed by atoms with van der Waals surface area (Å²) in [6.07, 6.45) is 4.00. The summed E-state index contributed by atoms with van der Waals surface area (Å²) in [5, 5.41) is 10.2. The first-order valence-electron chi connectivity index (χ1n) is 12.1. The van der Waals surface area contributed by atoms with Gasteiger partial charge < -0.3 is 4.74 Å². The van der Waals surface area contributed by atoms with E-state index in [1.807, 2.05) is 42.2 Å². The Bertz CT molecular complexity index is 1290. The standard InChI is InChI=1S/C26H32N4O5S/c1-19-16-20(23-8-4-5-9-24(23)28-19)18-35-21-10-12-22(13-11-21)36(33,34)27-17-25(26(31)29-32)30-14-6-2-3-7-15-30/h4-5,8-13,16,25,27,32H,2-3,6-7,14-15,17-18H2,1H3,(H,29,31). The van der Waals surface area contributed by atoms with E-state index in [9.17, 15) is 13.2 Å². The largest absolute Gasteiger partial charge is 0.489 e. The maximum Gasteiger partial charge on any atom is 0.262 e. The minimum absolute atomic E-state index is 0.0686.